The van der Waals surface area contributed by atoms with E-state index in [1.165, 1.54) is 56.5 Å². The third-order valence-electron chi connectivity index (χ3n) is 4.33. The molecule has 2 saturated heterocycles. The van der Waals surface area contributed by atoms with Crippen LogP contribution in [0.3, 0.4) is 0 Å². The average molecular weight is 248 g/mol. The molecule has 2 aliphatic heterocycles. The fourth-order valence-electron chi connectivity index (χ4n) is 3.27. The van der Waals surface area contributed by atoms with Crippen molar-refractivity contribution in [1.29, 1.82) is 0 Å². The summed E-state index contributed by atoms with van der Waals surface area (Å²) >= 11 is 0. The van der Waals surface area contributed by atoms with Crippen molar-refractivity contribution in [3.8, 4) is 0 Å². The van der Waals surface area contributed by atoms with Crippen molar-refractivity contribution in [1.82, 2.24) is 10.2 Å². The highest BCUT2D eigenvalue weighted by molar-refractivity contribution is 5.15. The number of fused-ring (bicyclic) bond motifs is 1. The first-order chi connectivity index (χ1) is 8.81. The van der Waals surface area contributed by atoms with Gasteiger partial charge in [-0.2, -0.15) is 0 Å². The quantitative estimate of drug-likeness (QED) is 0.884. The van der Waals surface area contributed by atoms with Crippen molar-refractivity contribution in [2.45, 2.75) is 44.3 Å². The lowest BCUT2D eigenvalue weighted by atomic mass is 9.97. The molecule has 2 aliphatic rings. The number of hydrogen-bond acceptors (Lipinski definition) is 2. The normalized spacial score (nSPS) is 28.3. The van der Waals surface area contributed by atoms with Crippen LogP contribution in [-0.2, 0) is 6.54 Å². The van der Waals surface area contributed by atoms with Crippen LogP contribution in [0.2, 0.25) is 0 Å². The number of rotatable bonds is 3. The van der Waals surface area contributed by atoms with Crippen LogP contribution in [0, 0.1) is 5.82 Å². The van der Waals surface area contributed by atoms with Crippen molar-refractivity contribution >= 4 is 0 Å². The fourth-order valence-corrected chi connectivity index (χ4v) is 3.27. The zero-order valence-corrected chi connectivity index (χ0v) is 10.7. The minimum atomic E-state index is -0.155. The Labute approximate surface area is 108 Å². The minimum Gasteiger partial charge on any atom is -0.310 e. The molecular formula is C15H21FN2. The first-order valence-electron chi connectivity index (χ1n) is 7.03. The SMILES string of the molecule is Fc1ccc(CN[C@H]2CCN3CCC[C@@H]3C2)cc1. The molecule has 1 aromatic rings. The summed E-state index contributed by atoms with van der Waals surface area (Å²) in [6.45, 7) is 3.40. The fraction of sp³-hybridized carbons (Fsp3) is 0.600. The average Bonchev–Trinajstić information content (AvgIpc) is 2.85. The largest absolute Gasteiger partial charge is 0.310 e. The predicted molar refractivity (Wildman–Crippen MR) is 70.9 cm³/mol. The maximum atomic E-state index is 12.8. The van der Waals surface area contributed by atoms with E-state index in [1.807, 2.05) is 12.1 Å². The summed E-state index contributed by atoms with van der Waals surface area (Å²) in [4.78, 5) is 2.63. The predicted octanol–water partition coefficient (Wildman–Crippen LogP) is 2.54. The molecule has 0 aliphatic carbocycles. The van der Waals surface area contributed by atoms with E-state index in [0.717, 1.165) is 12.6 Å². The van der Waals surface area contributed by atoms with Crippen molar-refractivity contribution in [2.24, 2.45) is 0 Å². The lowest BCUT2D eigenvalue weighted by Crippen LogP contribution is -2.45. The van der Waals surface area contributed by atoms with Gasteiger partial charge >= 0.3 is 0 Å². The van der Waals surface area contributed by atoms with E-state index in [0.29, 0.717) is 6.04 Å². The summed E-state index contributed by atoms with van der Waals surface area (Å²) in [6.07, 6.45) is 5.27. The molecule has 0 radical (unpaired) electrons. The number of benzene rings is 1. The standard InChI is InChI=1S/C15H21FN2/c16-13-5-3-12(4-6-13)11-17-14-7-9-18-8-1-2-15(18)10-14/h3-6,14-15,17H,1-2,7-11H2/t14-,15+/m0/s1. The van der Waals surface area contributed by atoms with Crippen LogP contribution in [0.5, 0.6) is 0 Å². The third-order valence-corrected chi connectivity index (χ3v) is 4.33. The van der Waals surface area contributed by atoms with Crippen LogP contribution in [0.25, 0.3) is 0 Å². The molecule has 3 heteroatoms. The van der Waals surface area contributed by atoms with Gasteiger partial charge in [-0.3, -0.25) is 0 Å². The Hall–Kier alpha value is -0.930. The van der Waals surface area contributed by atoms with E-state index >= 15 is 0 Å². The maximum absolute atomic E-state index is 12.8. The number of halogens is 1. The van der Waals surface area contributed by atoms with Crippen molar-refractivity contribution < 1.29 is 4.39 Å². The van der Waals surface area contributed by atoms with Gasteiger partial charge < -0.3 is 10.2 Å². The highest BCUT2D eigenvalue weighted by Gasteiger charge is 2.31. The Morgan fingerprint density at radius 1 is 1.17 bits per heavy atom. The van der Waals surface area contributed by atoms with Crippen molar-refractivity contribution in [3.05, 3.63) is 35.6 Å². The third kappa shape index (κ3) is 2.73. The molecule has 0 saturated carbocycles. The molecule has 0 amide bonds. The molecule has 0 aromatic heterocycles. The van der Waals surface area contributed by atoms with Gasteiger partial charge in [-0.25, -0.2) is 4.39 Å². The summed E-state index contributed by atoms with van der Waals surface area (Å²) in [5, 5.41) is 3.62. The van der Waals surface area contributed by atoms with Crippen LogP contribution in [0.15, 0.2) is 24.3 Å². The monoisotopic (exact) mass is 248 g/mol. The van der Waals surface area contributed by atoms with Gasteiger partial charge in [-0.1, -0.05) is 12.1 Å². The van der Waals surface area contributed by atoms with Gasteiger partial charge in [0.25, 0.3) is 0 Å². The Morgan fingerprint density at radius 2 is 2.00 bits per heavy atom. The molecule has 0 bridgehead atoms. The Morgan fingerprint density at radius 3 is 2.83 bits per heavy atom. The van der Waals surface area contributed by atoms with Gasteiger partial charge in [0.2, 0.25) is 0 Å². The minimum absolute atomic E-state index is 0.155. The molecular weight excluding hydrogens is 227 g/mol. The molecule has 3 rings (SSSR count). The van der Waals surface area contributed by atoms with Gasteiger partial charge in [0.05, 0.1) is 0 Å². The molecule has 1 aromatic carbocycles. The Balaban J connectivity index is 1.50. The number of nitrogens with one attached hydrogen (secondary N) is 1. The second-order valence-corrected chi connectivity index (χ2v) is 5.56. The molecule has 98 valence electrons. The van der Waals surface area contributed by atoms with Crippen LogP contribution < -0.4 is 5.32 Å². The maximum Gasteiger partial charge on any atom is 0.123 e. The first-order valence-corrected chi connectivity index (χ1v) is 7.03. The second-order valence-electron chi connectivity index (χ2n) is 5.56. The van der Waals surface area contributed by atoms with E-state index < -0.39 is 0 Å². The molecule has 2 atom stereocenters. The van der Waals surface area contributed by atoms with E-state index in [1.54, 1.807) is 0 Å². The molecule has 2 fully saturated rings. The number of hydrogen-bond donors (Lipinski definition) is 1. The van der Waals surface area contributed by atoms with E-state index in [4.69, 9.17) is 0 Å². The van der Waals surface area contributed by atoms with Crippen molar-refractivity contribution in [3.63, 3.8) is 0 Å². The first kappa shape index (κ1) is 12.1. The highest BCUT2D eigenvalue weighted by atomic mass is 19.1. The van der Waals surface area contributed by atoms with Crippen LogP contribution in [-0.4, -0.2) is 30.1 Å². The number of piperidine rings is 1. The molecule has 1 N–H and O–H groups in total. The molecule has 2 heterocycles. The summed E-state index contributed by atoms with van der Waals surface area (Å²) in [5.74, 6) is -0.155. The molecule has 18 heavy (non-hydrogen) atoms. The van der Waals surface area contributed by atoms with Crippen LogP contribution in [0.1, 0.15) is 31.2 Å². The van der Waals surface area contributed by atoms with Crippen LogP contribution in [0.4, 0.5) is 4.39 Å². The van der Waals surface area contributed by atoms with E-state index in [9.17, 15) is 4.39 Å². The topological polar surface area (TPSA) is 15.3 Å². The van der Waals surface area contributed by atoms with Gasteiger partial charge in [-0.05, 0) is 56.5 Å². The van der Waals surface area contributed by atoms with Crippen molar-refractivity contribution in [2.75, 3.05) is 13.1 Å². The van der Waals surface area contributed by atoms with Gasteiger partial charge in [0.15, 0.2) is 0 Å². The van der Waals surface area contributed by atoms with Crippen LogP contribution >= 0.6 is 0 Å². The molecule has 0 unspecified atom stereocenters. The van der Waals surface area contributed by atoms with Gasteiger partial charge in [0.1, 0.15) is 5.82 Å². The summed E-state index contributed by atoms with van der Waals surface area (Å²) in [5.41, 5.74) is 1.17. The Kier molecular flexibility index (Phi) is 3.62. The molecule has 0 spiro atoms. The van der Waals surface area contributed by atoms with E-state index in [-0.39, 0.29) is 5.82 Å². The Bertz CT molecular complexity index is 390. The van der Waals surface area contributed by atoms with Gasteiger partial charge in [0, 0.05) is 18.6 Å². The lowest BCUT2D eigenvalue weighted by molar-refractivity contribution is 0.166. The second kappa shape index (κ2) is 5.37. The summed E-state index contributed by atoms with van der Waals surface area (Å²) in [6, 6.07) is 8.26. The van der Waals surface area contributed by atoms with Gasteiger partial charge in [-0.15, -0.1) is 0 Å². The zero-order valence-electron chi connectivity index (χ0n) is 10.7. The zero-order chi connectivity index (χ0) is 12.4. The smallest absolute Gasteiger partial charge is 0.123 e. The number of nitrogens with zero attached hydrogens (tertiary/aromatic N) is 1. The van der Waals surface area contributed by atoms with E-state index in [2.05, 4.69) is 10.2 Å². The summed E-state index contributed by atoms with van der Waals surface area (Å²) in [7, 11) is 0. The molecule has 2 nitrogen and oxygen atoms in total. The highest BCUT2D eigenvalue weighted by Crippen LogP contribution is 2.26. The lowest BCUT2D eigenvalue weighted by Gasteiger charge is -2.35. The summed E-state index contributed by atoms with van der Waals surface area (Å²) < 4.78 is 12.8.